The Kier molecular flexibility index (Phi) is 3.24. The molecule has 1 aromatic carbocycles. The van der Waals surface area contributed by atoms with Crippen molar-refractivity contribution in [3.8, 4) is 0 Å². The van der Waals surface area contributed by atoms with Gasteiger partial charge in [0.1, 0.15) is 12.2 Å². The van der Waals surface area contributed by atoms with Gasteiger partial charge in [-0.15, -0.1) is 0 Å². The average molecular weight is 281 g/mol. The Morgan fingerprint density at radius 1 is 1.44 bits per heavy atom. The summed E-state index contributed by atoms with van der Waals surface area (Å²) in [5, 5.41) is 7.32. The van der Waals surface area contributed by atoms with Crippen LogP contribution in [0.15, 0.2) is 29.0 Å². The fourth-order valence-electron chi connectivity index (χ4n) is 1.36. The van der Waals surface area contributed by atoms with E-state index in [1.807, 2.05) is 7.05 Å². The third-order valence-corrected chi connectivity index (χ3v) is 3.28. The molecule has 1 aromatic heterocycles. The summed E-state index contributed by atoms with van der Waals surface area (Å²) in [4.78, 5) is 4.15. The molecule has 2 rings (SSSR count). The van der Waals surface area contributed by atoms with Gasteiger partial charge in [-0.05, 0) is 24.6 Å². The van der Waals surface area contributed by atoms with Crippen molar-refractivity contribution < 1.29 is 0 Å². The van der Waals surface area contributed by atoms with Crippen molar-refractivity contribution >= 4 is 21.6 Å². The van der Waals surface area contributed by atoms with Crippen molar-refractivity contribution in [2.24, 2.45) is 7.05 Å². The van der Waals surface area contributed by atoms with Gasteiger partial charge in [-0.2, -0.15) is 5.10 Å². The van der Waals surface area contributed by atoms with Crippen molar-refractivity contribution in [3.05, 3.63) is 40.4 Å². The van der Waals surface area contributed by atoms with Crippen LogP contribution in [0.4, 0.5) is 5.69 Å². The first-order valence-electron chi connectivity index (χ1n) is 4.99. The summed E-state index contributed by atoms with van der Waals surface area (Å²) in [6.07, 6.45) is 1.56. The fourth-order valence-corrected chi connectivity index (χ4v) is 1.74. The lowest BCUT2D eigenvalue weighted by Crippen LogP contribution is -2.06. The van der Waals surface area contributed by atoms with E-state index < -0.39 is 0 Å². The van der Waals surface area contributed by atoms with Gasteiger partial charge in [0.2, 0.25) is 0 Å². The van der Waals surface area contributed by atoms with Crippen LogP contribution in [-0.4, -0.2) is 14.8 Å². The molecule has 5 heteroatoms. The van der Waals surface area contributed by atoms with Gasteiger partial charge < -0.3 is 5.32 Å². The summed E-state index contributed by atoms with van der Waals surface area (Å²) in [6, 6.07) is 6.19. The summed E-state index contributed by atoms with van der Waals surface area (Å²) in [5.41, 5.74) is 2.30. The highest BCUT2D eigenvalue weighted by Crippen LogP contribution is 2.20. The Morgan fingerprint density at radius 2 is 2.25 bits per heavy atom. The second-order valence-corrected chi connectivity index (χ2v) is 4.47. The molecule has 0 unspecified atom stereocenters. The maximum absolute atomic E-state index is 4.15. The Morgan fingerprint density at radius 3 is 2.88 bits per heavy atom. The SMILES string of the molecule is Cc1ccc(NCc2ncnn2C)cc1Br. The highest BCUT2D eigenvalue weighted by Gasteiger charge is 2.01. The predicted molar refractivity (Wildman–Crippen MR) is 67.2 cm³/mol. The summed E-state index contributed by atoms with van der Waals surface area (Å²) in [5.74, 6) is 0.914. The molecule has 0 spiro atoms. The minimum atomic E-state index is 0.673. The van der Waals surface area contributed by atoms with Crippen LogP contribution in [0.25, 0.3) is 0 Å². The van der Waals surface area contributed by atoms with E-state index in [-0.39, 0.29) is 0 Å². The fraction of sp³-hybridized carbons (Fsp3) is 0.273. The molecule has 2 aromatic rings. The van der Waals surface area contributed by atoms with Crippen LogP contribution in [0.3, 0.4) is 0 Å². The van der Waals surface area contributed by atoms with Crippen LogP contribution in [0.5, 0.6) is 0 Å². The van der Waals surface area contributed by atoms with E-state index in [1.54, 1.807) is 11.0 Å². The number of nitrogens with one attached hydrogen (secondary N) is 1. The van der Waals surface area contributed by atoms with Crippen LogP contribution >= 0.6 is 15.9 Å². The maximum Gasteiger partial charge on any atom is 0.145 e. The largest absolute Gasteiger partial charge is 0.378 e. The molecule has 0 amide bonds. The zero-order valence-electron chi connectivity index (χ0n) is 9.24. The second kappa shape index (κ2) is 4.65. The van der Waals surface area contributed by atoms with Gasteiger partial charge in [-0.3, -0.25) is 4.68 Å². The van der Waals surface area contributed by atoms with Crippen molar-refractivity contribution in [2.75, 3.05) is 5.32 Å². The number of hydrogen-bond donors (Lipinski definition) is 1. The molecular weight excluding hydrogens is 268 g/mol. The molecule has 0 saturated heterocycles. The Labute approximate surface area is 103 Å². The van der Waals surface area contributed by atoms with E-state index in [0.717, 1.165) is 16.0 Å². The van der Waals surface area contributed by atoms with E-state index >= 15 is 0 Å². The lowest BCUT2D eigenvalue weighted by Gasteiger charge is -2.07. The number of hydrogen-bond acceptors (Lipinski definition) is 3. The summed E-state index contributed by atoms with van der Waals surface area (Å²) < 4.78 is 2.87. The van der Waals surface area contributed by atoms with Gasteiger partial charge in [0, 0.05) is 17.2 Å². The molecule has 0 radical (unpaired) electrons. The van der Waals surface area contributed by atoms with E-state index in [2.05, 4.69) is 56.5 Å². The lowest BCUT2D eigenvalue weighted by molar-refractivity contribution is 0.712. The predicted octanol–water partition coefficient (Wildman–Crippen LogP) is 2.50. The molecule has 84 valence electrons. The summed E-state index contributed by atoms with van der Waals surface area (Å²) in [6.45, 7) is 2.74. The van der Waals surface area contributed by atoms with E-state index in [1.165, 1.54) is 5.56 Å². The van der Waals surface area contributed by atoms with Gasteiger partial charge >= 0.3 is 0 Å². The Hall–Kier alpha value is -1.36. The normalized spacial score (nSPS) is 10.4. The van der Waals surface area contributed by atoms with Crippen LogP contribution in [-0.2, 0) is 13.6 Å². The number of rotatable bonds is 3. The summed E-state index contributed by atoms with van der Waals surface area (Å²) >= 11 is 3.51. The first-order chi connectivity index (χ1) is 7.66. The van der Waals surface area contributed by atoms with E-state index in [4.69, 9.17) is 0 Å². The van der Waals surface area contributed by atoms with Crippen molar-refractivity contribution in [2.45, 2.75) is 13.5 Å². The topological polar surface area (TPSA) is 42.7 Å². The number of nitrogens with zero attached hydrogens (tertiary/aromatic N) is 3. The average Bonchev–Trinajstić information content (AvgIpc) is 2.66. The molecule has 0 saturated carbocycles. The van der Waals surface area contributed by atoms with Gasteiger partial charge in [0.15, 0.2) is 0 Å². The third kappa shape index (κ3) is 2.41. The smallest absolute Gasteiger partial charge is 0.145 e. The molecule has 4 nitrogen and oxygen atoms in total. The highest BCUT2D eigenvalue weighted by atomic mass is 79.9. The molecule has 0 aliphatic carbocycles. The molecular formula is C11H13BrN4. The first-order valence-corrected chi connectivity index (χ1v) is 5.79. The van der Waals surface area contributed by atoms with Crippen LogP contribution in [0, 0.1) is 6.92 Å². The molecule has 0 bridgehead atoms. The van der Waals surface area contributed by atoms with Gasteiger partial charge in [0.25, 0.3) is 0 Å². The minimum absolute atomic E-state index is 0.673. The molecule has 0 fully saturated rings. The number of aryl methyl sites for hydroxylation is 2. The lowest BCUT2D eigenvalue weighted by atomic mass is 10.2. The van der Waals surface area contributed by atoms with Gasteiger partial charge in [-0.1, -0.05) is 22.0 Å². The second-order valence-electron chi connectivity index (χ2n) is 3.62. The Balaban J connectivity index is 2.05. The molecule has 16 heavy (non-hydrogen) atoms. The highest BCUT2D eigenvalue weighted by molar-refractivity contribution is 9.10. The number of benzene rings is 1. The van der Waals surface area contributed by atoms with Crippen LogP contribution in [0.1, 0.15) is 11.4 Å². The number of aromatic nitrogens is 3. The monoisotopic (exact) mass is 280 g/mol. The quantitative estimate of drug-likeness (QED) is 0.940. The van der Waals surface area contributed by atoms with E-state index in [9.17, 15) is 0 Å². The van der Waals surface area contributed by atoms with Gasteiger partial charge in [0.05, 0.1) is 6.54 Å². The van der Waals surface area contributed by atoms with Crippen molar-refractivity contribution in [3.63, 3.8) is 0 Å². The van der Waals surface area contributed by atoms with E-state index in [0.29, 0.717) is 6.54 Å². The van der Waals surface area contributed by atoms with Crippen molar-refractivity contribution in [1.29, 1.82) is 0 Å². The van der Waals surface area contributed by atoms with Crippen LogP contribution < -0.4 is 5.32 Å². The molecule has 1 N–H and O–H groups in total. The first kappa shape index (κ1) is 11.1. The third-order valence-electron chi connectivity index (χ3n) is 2.43. The Bertz CT molecular complexity index is 492. The van der Waals surface area contributed by atoms with Gasteiger partial charge in [-0.25, -0.2) is 4.98 Å². The minimum Gasteiger partial charge on any atom is -0.378 e. The number of anilines is 1. The molecule has 0 aliphatic heterocycles. The standard InChI is InChI=1S/C11H13BrN4/c1-8-3-4-9(5-10(8)12)13-6-11-14-7-15-16(11)2/h3-5,7,13H,6H2,1-2H3. The maximum atomic E-state index is 4.15. The molecule has 1 heterocycles. The van der Waals surface area contributed by atoms with Crippen LogP contribution in [0.2, 0.25) is 0 Å². The van der Waals surface area contributed by atoms with Crippen molar-refractivity contribution in [1.82, 2.24) is 14.8 Å². The number of halogens is 1. The molecule has 0 atom stereocenters. The summed E-state index contributed by atoms with van der Waals surface area (Å²) in [7, 11) is 1.88. The zero-order valence-corrected chi connectivity index (χ0v) is 10.8. The molecule has 0 aliphatic rings. The zero-order chi connectivity index (χ0) is 11.5.